The Labute approximate surface area is 202 Å². The standard InChI is InChI=1S/C26H27N5O4/c1-16(24-27-18-8-3-4-9-19(18)28-24)25-29-20-12-13-31(15-21(20)30-25)23(32)11-6-14-35-22-10-5-2-7-17(22)26(33)34/h2-5,7-10,16H,6,11-15H2,1H3,(H,27,28)(H,29,30)(H,33,34). The molecule has 1 amide bonds. The molecule has 0 saturated heterocycles. The number of imidazole rings is 2. The van der Waals surface area contributed by atoms with Gasteiger partial charge in [0.25, 0.3) is 0 Å². The third kappa shape index (κ3) is 4.75. The first-order chi connectivity index (χ1) is 17.0. The van der Waals surface area contributed by atoms with Crippen molar-refractivity contribution < 1.29 is 19.4 Å². The summed E-state index contributed by atoms with van der Waals surface area (Å²) in [7, 11) is 0. The van der Waals surface area contributed by atoms with E-state index in [1.165, 1.54) is 6.07 Å². The maximum Gasteiger partial charge on any atom is 0.339 e. The Bertz CT molecular complexity index is 1340. The number of benzene rings is 2. The van der Waals surface area contributed by atoms with E-state index in [0.29, 0.717) is 38.1 Å². The van der Waals surface area contributed by atoms with Crippen molar-refractivity contribution >= 4 is 22.9 Å². The zero-order valence-electron chi connectivity index (χ0n) is 19.5. The van der Waals surface area contributed by atoms with Crippen molar-refractivity contribution in [1.82, 2.24) is 24.8 Å². The molecule has 3 N–H and O–H groups in total. The summed E-state index contributed by atoms with van der Waals surface area (Å²) in [6, 6.07) is 14.4. The van der Waals surface area contributed by atoms with Crippen molar-refractivity contribution in [3.05, 3.63) is 77.1 Å². The normalized spacial score (nSPS) is 14.0. The smallest absolute Gasteiger partial charge is 0.339 e. The van der Waals surface area contributed by atoms with E-state index in [1.54, 1.807) is 18.2 Å². The second-order valence-electron chi connectivity index (χ2n) is 8.73. The van der Waals surface area contributed by atoms with Gasteiger partial charge in [-0.3, -0.25) is 4.79 Å². The van der Waals surface area contributed by atoms with Gasteiger partial charge < -0.3 is 24.7 Å². The fourth-order valence-corrected chi connectivity index (χ4v) is 4.37. The first-order valence-corrected chi connectivity index (χ1v) is 11.7. The van der Waals surface area contributed by atoms with Crippen LogP contribution in [0.25, 0.3) is 11.0 Å². The molecule has 9 nitrogen and oxygen atoms in total. The number of fused-ring (bicyclic) bond motifs is 2. The lowest BCUT2D eigenvalue weighted by Crippen LogP contribution is -2.36. The van der Waals surface area contributed by atoms with Crippen molar-refractivity contribution in [2.75, 3.05) is 13.2 Å². The molecule has 0 fully saturated rings. The molecule has 1 aliphatic rings. The lowest BCUT2D eigenvalue weighted by atomic mass is 10.1. The third-order valence-electron chi connectivity index (χ3n) is 6.34. The van der Waals surface area contributed by atoms with Gasteiger partial charge in [-0.05, 0) is 37.6 Å². The van der Waals surface area contributed by atoms with Crippen molar-refractivity contribution in [2.24, 2.45) is 0 Å². The maximum atomic E-state index is 12.8. The molecule has 180 valence electrons. The maximum absolute atomic E-state index is 12.8. The highest BCUT2D eigenvalue weighted by Crippen LogP contribution is 2.26. The van der Waals surface area contributed by atoms with Gasteiger partial charge in [0.15, 0.2) is 0 Å². The van der Waals surface area contributed by atoms with Crippen LogP contribution >= 0.6 is 0 Å². The Morgan fingerprint density at radius 2 is 1.86 bits per heavy atom. The molecule has 0 aliphatic carbocycles. The minimum absolute atomic E-state index is 0.0250. The number of nitrogens with zero attached hydrogens (tertiary/aromatic N) is 3. The number of carbonyl (C=O) groups excluding carboxylic acids is 1. The lowest BCUT2D eigenvalue weighted by Gasteiger charge is -2.26. The molecule has 0 radical (unpaired) electrons. The Kier molecular flexibility index (Phi) is 6.22. The van der Waals surface area contributed by atoms with E-state index in [4.69, 9.17) is 14.7 Å². The van der Waals surface area contributed by atoms with E-state index in [9.17, 15) is 14.7 Å². The van der Waals surface area contributed by atoms with Crippen LogP contribution in [0.15, 0.2) is 48.5 Å². The number of rotatable bonds is 8. The molecular weight excluding hydrogens is 446 g/mol. The van der Waals surface area contributed by atoms with E-state index in [1.807, 2.05) is 29.2 Å². The number of amides is 1. The highest BCUT2D eigenvalue weighted by molar-refractivity contribution is 5.90. The van der Waals surface area contributed by atoms with Gasteiger partial charge in [-0.15, -0.1) is 0 Å². The van der Waals surface area contributed by atoms with Gasteiger partial charge in [-0.2, -0.15) is 0 Å². The van der Waals surface area contributed by atoms with Crippen LogP contribution in [0.5, 0.6) is 5.75 Å². The van der Waals surface area contributed by atoms with Crippen LogP contribution in [0.4, 0.5) is 0 Å². The van der Waals surface area contributed by atoms with Crippen LogP contribution in [0, 0.1) is 0 Å². The molecule has 0 saturated carbocycles. The van der Waals surface area contributed by atoms with E-state index >= 15 is 0 Å². The summed E-state index contributed by atoms with van der Waals surface area (Å²) in [4.78, 5) is 42.2. The Balaban J connectivity index is 1.17. The van der Waals surface area contributed by atoms with Crippen molar-refractivity contribution in [3.8, 4) is 5.75 Å². The number of H-pyrrole nitrogens is 2. The first kappa shape index (κ1) is 22.6. The zero-order valence-corrected chi connectivity index (χ0v) is 19.5. The number of carboxylic acids is 1. The number of hydrogen-bond donors (Lipinski definition) is 3. The Morgan fingerprint density at radius 3 is 2.69 bits per heavy atom. The fourth-order valence-electron chi connectivity index (χ4n) is 4.37. The summed E-state index contributed by atoms with van der Waals surface area (Å²) in [5.41, 5.74) is 4.01. The molecule has 1 atom stereocenters. The first-order valence-electron chi connectivity index (χ1n) is 11.7. The van der Waals surface area contributed by atoms with Gasteiger partial charge in [-0.25, -0.2) is 14.8 Å². The van der Waals surface area contributed by atoms with Crippen LogP contribution in [0.1, 0.15) is 59.1 Å². The quantitative estimate of drug-likeness (QED) is 0.334. The van der Waals surface area contributed by atoms with E-state index < -0.39 is 5.97 Å². The molecular formula is C26H27N5O4. The summed E-state index contributed by atoms with van der Waals surface area (Å²) in [6.07, 6.45) is 1.54. The highest BCUT2D eigenvalue weighted by Gasteiger charge is 2.26. The summed E-state index contributed by atoms with van der Waals surface area (Å²) in [5.74, 6) is 1.01. The molecule has 1 unspecified atom stereocenters. The van der Waals surface area contributed by atoms with Crippen LogP contribution in [0.2, 0.25) is 0 Å². The molecule has 9 heteroatoms. The summed E-state index contributed by atoms with van der Waals surface area (Å²) in [6.45, 7) is 3.46. The molecule has 35 heavy (non-hydrogen) atoms. The van der Waals surface area contributed by atoms with Crippen LogP contribution in [0.3, 0.4) is 0 Å². The zero-order chi connectivity index (χ0) is 24.4. The molecule has 0 bridgehead atoms. The number of aromatic amines is 2. The lowest BCUT2D eigenvalue weighted by molar-refractivity contribution is -0.132. The number of hydrogen-bond acceptors (Lipinski definition) is 5. The van der Waals surface area contributed by atoms with E-state index in [-0.39, 0.29) is 24.0 Å². The number of aromatic carboxylic acids is 1. The fraction of sp³-hybridized carbons (Fsp3) is 0.308. The minimum Gasteiger partial charge on any atom is -0.493 e. The summed E-state index contributed by atoms with van der Waals surface area (Å²) < 4.78 is 5.61. The minimum atomic E-state index is -1.03. The molecule has 0 spiro atoms. The average Bonchev–Trinajstić information content (AvgIpc) is 3.50. The number of carbonyl (C=O) groups is 2. The molecule has 2 aromatic heterocycles. The largest absolute Gasteiger partial charge is 0.493 e. The molecule has 2 aromatic carbocycles. The van der Waals surface area contributed by atoms with E-state index in [0.717, 1.165) is 34.1 Å². The predicted molar refractivity (Wildman–Crippen MR) is 129 cm³/mol. The molecule has 4 aromatic rings. The number of carboxylic acid groups (broad SMARTS) is 1. The van der Waals surface area contributed by atoms with Crippen LogP contribution in [-0.2, 0) is 17.8 Å². The number of aromatic nitrogens is 4. The van der Waals surface area contributed by atoms with E-state index in [2.05, 4.69) is 16.9 Å². The van der Waals surface area contributed by atoms with Gasteiger partial charge in [0.05, 0.1) is 41.5 Å². The Hall–Kier alpha value is -4.14. The number of ether oxygens (including phenoxy) is 1. The predicted octanol–water partition coefficient (Wildman–Crippen LogP) is 3.88. The van der Waals surface area contributed by atoms with Gasteiger partial charge in [-0.1, -0.05) is 24.3 Å². The highest BCUT2D eigenvalue weighted by atomic mass is 16.5. The second-order valence-corrected chi connectivity index (χ2v) is 8.73. The average molecular weight is 474 g/mol. The number of nitrogens with one attached hydrogen (secondary N) is 2. The topological polar surface area (TPSA) is 124 Å². The summed E-state index contributed by atoms with van der Waals surface area (Å²) >= 11 is 0. The van der Waals surface area contributed by atoms with Crippen LogP contribution in [-0.4, -0.2) is 55.0 Å². The SMILES string of the molecule is CC(c1nc2c([nH]1)CN(C(=O)CCCOc1ccccc1C(=O)O)CC2)c1nc2ccccc2[nH]1. The van der Waals surface area contributed by atoms with Gasteiger partial charge in [0, 0.05) is 19.4 Å². The van der Waals surface area contributed by atoms with Gasteiger partial charge >= 0.3 is 5.97 Å². The monoisotopic (exact) mass is 473 g/mol. The third-order valence-corrected chi connectivity index (χ3v) is 6.34. The molecule has 3 heterocycles. The van der Waals surface area contributed by atoms with Gasteiger partial charge in [0.1, 0.15) is 23.0 Å². The summed E-state index contributed by atoms with van der Waals surface area (Å²) in [5, 5.41) is 9.24. The second kappa shape index (κ2) is 9.61. The van der Waals surface area contributed by atoms with Crippen molar-refractivity contribution in [3.63, 3.8) is 0 Å². The molecule has 1 aliphatic heterocycles. The van der Waals surface area contributed by atoms with Crippen molar-refractivity contribution in [1.29, 1.82) is 0 Å². The van der Waals surface area contributed by atoms with Crippen molar-refractivity contribution in [2.45, 2.75) is 38.6 Å². The van der Waals surface area contributed by atoms with Gasteiger partial charge in [0.2, 0.25) is 5.91 Å². The number of para-hydroxylation sites is 3. The Morgan fingerprint density at radius 1 is 1.09 bits per heavy atom. The molecule has 5 rings (SSSR count). The van der Waals surface area contributed by atoms with Crippen LogP contribution < -0.4 is 4.74 Å².